The molecule has 0 aliphatic heterocycles. The lowest BCUT2D eigenvalue weighted by molar-refractivity contribution is -0.144. The first kappa shape index (κ1) is 13.1. The van der Waals surface area contributed by atoms with Crippen LogP contribution in [-0.4, -0.2) is 5.97 Å². The van der Waals surface area contributed by atoms with Gasteiger partial charge in [-0.2, -0.15) is 0 Å². The number of esters is 1. The Labute approximate surface area is 113 Å². The van der Waals surface area contributed by atoms with E-state index in [0.717, 1.165) is 16.7 Å². The molecule has 2 aromatic carbocycles. The molecule has 0 amide bonds. The van der Waals surface area contributed by atoms with Crippen LogP contribution in [0.5, 0.6) is 0 Å². The van der Waals surface area contributed by atoms with Crippen molar-refractivity contribution < 1.29 is 9.53 Å². The smallest absolute Gasteiger partial charge is 0.303 e. The van der Waals surface area contributed by atoms with Gasteiger partial charge in [0.25, 0.3) is 0 Å². The lowest BCUT2D eigenvalue weighted by Gasteiger charge is -2.17. The fraction of sp³-hybridized carbons (Fsp3) is 0.118. The Morgan fingerprint density at radius 1 is 1.11 bits per heavy atom. The third-order valence-electron chi connectivity index (χ3n) is 2.86. The maximum Gasteiger partial charge on any atom is 0.303 e. The van der Waals surface area contributed by atoms with Crippen molar-refractivity contribution in [1.82, 2.24) is 0 Å². The second kappa shape index (κ2) is 6.01. The summed E-state index contributed by atoms with van der Waals surface area (Å²) in [4.78, 5) is 11.2. The predicted molar refractivity (Wildman–Crippen MR) is 76.6 cm³/mol. The van der Waals surface area contributed by atoms with E-state index in [4.69, 9.17) is 4.74 Å². The molecule has 0 fully saturated rings. The molecular weight excluding hydrogens is 236 g/mol. The van der Waals surface area contributed by atoms with Crippen molar-refractivity contribution in [3.8, 4) is 11.1 Å². The highest BCUT2D eigenvalue weighted by atomic mass is 16.5. The highest BCUT2D eigenvalue weighted by Gasteiger charge is 2.15. The number of carbonyl (C=O) groups excluding carboxylic acids is 1. The molecule has 1 unspecified atom stereocenters. The highest BCUT2D eigenvalue weighted by Crippen LogP contribution is 2.30. The van der Waals surface area contributed by atoms with Gasteiger partial charge in [-0.05, 0) is 17.2 Å². The van der Waals surface area contributed by atoms with Gasteiger partial charge in [-0.25, -0.2) is 0 Å². The molecule has 19 heavy (non-hydrogen) atoms. The monoisotopic (exact) mass is 252 g/mol. The molecule has 2 rings (SSSR count). The van der Waals surface area contributed by atoms with Gasteiger partial charge < -0.3 is 4.74 Å². The summed E-state index contributed by atoms with van der Waals surface area (Å²) in [7, 11) is 0. The molecule has 0 aromatic heterocycles. The molecule has 0 bridgehead atoms. The second-order valence-corrected chi connectivity index (χ2v) is 4.22. The van der Waals surface area contributed by atoms with Gasteiger partial charge in [0.05, 0.1) is 0 Å². The molecule has 2 nitrogen and oxygen atoms in total. The maximum atomic E-state index is 11.2. The fourth-order valence-electron chi connectivity index (χ4n) is 2.04. The second-order valence-electron chi connectivity index (χ2n) is 4.22. The minimum Gasteiger partial charge on any atom is -0.453 e. The zero-order valence-electron chi connectivity index (χ0n) is 10.9. The van der Waals surface area contributed by atoms with Crippen molar-refractivity contribution in [2.24, 2.45) is 0 Å². The van der Waals surface area contributed by atoms with E-state index in [-0.39, 0.29) is 5.97 Å². The van der Waals surface area contributed by atoms with Gasteiger partial charge in [0.2, 0.25) is 0 Å². The SMILES string of the molecule is C=CC(OC(C)=O)c1ccccc1-c1ccccc1. The van der Waals surface area contributed by atoms with Gasteiger partial charge in [0, 0.05) is 12.5 Å². The van der Waals surface area contributed by atoms with Crippen molar-refractivity contribution in [2.75, 3.05) is 0 Å². The van der Waals surface area contributed by atoms with Crippen LogP contribution in [0.25, 0.3) is 11.1 Å². The molecule has 0 radical (unpaired) electrons. The number of benzene rings is 2. The quantitative estimate of drug-likeness (QED) is 0.603. The highest BCUT2D eigenvalue weighted by molar-refractivity contribution is 5.70. The number of rotatable bonds is 4. The first-order valence-electron chi connectivity index (χ1n) is 6.16. The average molecular weight is 252 g/mol. The van der Waals surface area contributed by atoms with Crippen molar-refractivity contribution in [3.05, 3.63) is 72.8 Å². The largest absolute Gasteiger partial charge is 0.453 e. The molecule has 1 atom stereocenters. The number of hydrogen-bond acceptors (Lipinski definition) is 2. The van der Waals surface area contributed by atoms with Gasteiger partial charge in [0.15, 0.2) is 0 Å². The zero-order chi connectivity index (χ0) is 13.7. The van der Waals surface area contributed by atoms with Crippen LogP contribution < -0.4 is 0 Å². The van der Waals surface area contributed by atoms with Crippen LogP contribution in [0.4, 0.5) is 0 Å². The molecule has 2 aromatic rings. The number of carbonyl (C=O) groups is 1. The standard InChI is InChI=1S/C17H16O2/c1-3-17(19-13(2)18)16-12-8-7-11-15(16)14-9-5-4-6-10-14/h3-12,17H,1H2,2H3. The Balaban J connectivity index is 2.46. The van der Waals surface area contributed by atoms with E-state index < -0.39 is 6.10 Å². The van der Waals surface area contributed by atoms with Gasteiger partial charge in [-0.1, -0.05) is 61.2 Å². The van der Waals surface area contributed by atoms with E-state index in [0.29, 0.717) is 0 Å². The topological polar surface area (TPSA) is 26.3 Å². The molecule has 0 heterocycles. The van der Waals surface area contributed by atoms with E-state index >= 15 is 0 Å². The molecule has 0 N–H and O–H groups in total. The first-order valence-corrected chi connectivity index (χ1v) is 6.16. The summed E-state index contributed by atoms with van der Waals surface area (Å²) in [6.45, 7) is 5.15. The van der Waals surface area contributed by atoms with Crippen LogP contribution in [0.15, 0.2) is 67.3 Å². The summed E-state index contributed by atoms with van der Waals surface area (Å²) >= 11 is 0. The molecule has 0 saturated carbocycles. The lowest BCUT2D eigenvalue weighted by Crippen LogP contribution is -2.07. The molecular formula is C17H16O2. The van der Waals surface area contributed by atoms with Crippen LogP contribution in [0.2, 0.25) is 0 Å². The van der Waals surface area contributed by atoms with Crippen LogP contribution in [-0.2, 0) is 9.53 Å². The molecule has 0 aliphatic carbocycles. The van der Waals surface area contributed by atoms with E-state index in [2.05, 4.69) is 6.58 Å². The van der Waals surface area contributed by atoms with Crippen molar-refractivity contribution in [1.29, 1.82) is 0 Å². The summed E-state index contributed by atoms with van der Waals surface area (Å²) in [6, 6.07) is 17.9. The summed E-state index contributed by atoms with van der Waals surface area (Å²) < 4.78 is 5.29. The Hall–Kier alpha value is -2.35. The average Bonchev–Trinajstić information content (AvgIpc) is 2.45. The van der Waals surface area contributed by atoms with Crippen LogP contribution >= 0.6 is 0 Å². The number of ether oxygens (including phenoxy) is 1. The third-order valence-corrected chi connectivity index (χ3v) is 2.86. The Kier molecular flexibility index (Phi) is 4.14. The van der Waals surface area contributed by atoms with E-state index in [1.54, 1.807) is 6.08 Å². The Morgan fingerprint density at radius 3 is 2.37 bits per heavy atom. The summed E-state index contributed by atoms with van der Waals surface area (Å²) in [6.07, 6.45) is 1.22. The van der Waals surface area contributed by atoms with Gasteiger partial charge in [-0.3, -0.25) is 4.79 Å². The first-order chi connectivity index (χ1) is 9.22. The van der Waals surface area contributed by atoms with E-state index in [9.17, 15) is 4.79 Å². The summed E-state index contributed by atoms with van der Waals surface area (Å²) in [5, 5.41) is 0. The van der Waals surface area contributed by atoms with Crippen LogP contribution in [0.1, 0.15) is 18.6 Å². The van der Waals surface area contributed by atoms with Gasteiger partial charge in [0.1, 0.15) is 6.10 Å². The molecule has 2 heteroatoms. The lowest BCUT2D eigenvalue weighted by atomic mass is 9.96. The van der Waals surface area contributed by atoms with Crippen molar-refractivity contribution in [2.45, 2.75) is 13.0 Å². The summed E-state index contributed by atoms with van der Waals surface area (Å²) in [5.74, 6) is -0.312. The Bertz CT molecular complexity index is 573. The van der Waals surface area contributed by atoms with Crippen molar-refractivity contribution >= 4 is 5.97 Å². The number of hydrogen-bond donors (Lipinski definition) is 0. The van der Waals surface area contributed by atoms with E-state index in [1.807, 2.05) is 54.6 Å². The Morgan fingerprint density at radius 2 is 1.74 bits per heavy atom. The van der Waals surface area contributed by atoms with E-state index in [1.165, 1.54) is 6.92 Å². The summed E-state index contributed by atoms with van der Waals surface area (Å²) in [5.41, 5.74) is 3.09. The molecule has 0 spiro atoms. The molecule has 0 aliphatic rings. The zero-order valence-corrected chi connectivity index (χ0v) is 10.9. The fourth-order valence-corrected chi connectivity index (χ4v) is 2.04. The van der Waals surface area contributed by atoms with Gasteiger partial charge in [-0.15, -0.1) is 0 Å². The maximum absolute atomic E-state index is 11.2. The van der Waals surface area contributed by atoms with Crippen molar-refractivity contribution in [3.63, 3.8) is 0 Å². The molecule has 96 valence electrons. The molecule has 0 saturated heterocycles. The van der Waals surface area contributed by atoms with Crippen LogP contribution in [0, 0.1) is 0 Å². The van der Waals surface area contributed by atoms with Crippen LogP contribution in [0.3, 0.4) is 0 Å². The minimum absolute atomic E-state index is 0.312. The normalized spacial score (nSPS) is 11.6. The minimum atomic E-state index is -0.422. The predicted octanol–water partition coefficient (Wildman–Crippen LogP) is 4.14. The van der Waals surface area contributed by atoms with Gasteiger partial charge >= 0.3 is 5.97 Å². The third kappa shape index (κ3) is 3.10.